The van der Waals surface area contributed by atoms with Crippen molar-refractivity contribution in [1.29, 1.82) is 0 Å². The lowest BCUT2D eigenvalue weighted by molar-refractivity contribution is -0.138. The van der Waals surface area contributed by atoms with Gasteiger partial charge in [-0.1, -0.05) is 6.07 Å². The minimum absolute atomic E-state index is 0.0417. The van der Waals surface area contributed by atoms with Crippen LogP contribution in [0.15, 0.2) is 18.2 Å². The van der Waals surface area contributed by atoms with Gasteiger partial charge in [0.15, 0.2) is 0 Å². The summed E-state index contributed by atoms with van der Waals surface area (Å²) >= 11 is 0. The predicted molar refractivity (Wildman–Crippen MR) is 77.3 cm³/mol. The number of rotatable bonds is 8. The Bertz CT molecular complexity index is 485. The molecule has 1 aromatic carbocycles. The number of aryl methyl sites for hydroxylation is 2. The summed E-state index contributed by atoms with van der Waals surface area (Å²) in [5.74, 6) is -1.68. The van der Waals surface area contributed by atoms with Gasteiger partial charge in [-0.05, 0) is 43.5 Å². The van der Waals surface area contributed by atoms with Crippen molar-refractivity contribution >= 4 is 17.6 Å². The normalized spacial score (nSPS) is 10.3. The van der Waals surface area contributed by atoms with Gasteiger partial charge < -0.3 is 15.1 Å². The van der Waals surface area contributed by atoms with Crippen molar-refractivity contribution in [2.45, 2.75) is 33.1 Å². The fourth-order valence-corrected chi connectivity index (χ4v) is 1.94. The van der Waals surface area contributed by atoms with E-state index in [1.165, 1.54) is 5.56 Å². The molecule has 0 amide bonds. The zero-order valence-corrected chi connectivity index (χ0v) is 11.9. The maximum absolute atomic E-state index is 10.7. The third-order valence-electron chi connectivity index (χ3n) is 3.27. The van der Waals surface area contributed by atoms with Gasteiger partial charge in [0.25, 0.3) is 0 Å². The van der Waals surface area contributed by atoms with Gasteiger partial charge in [-0.15, -0.1) is 0 Å². The summed E-state index contributed by atoms with van der Waals surface area (Å²) in [5.41, 5.74) is 3.26. The van der Waals surface area contributed by atoms with Gasteiger partial charge in [-0.3, -0.25) is 9.59 Å². The van der Waals surface area contributed by atoms with Crippen LogP contribution < -0.4 is 4.90 Å². The van der Waals surface area contributed by atoms with Crippen LogP contribution in [0.5, 0.6) is 0 Å². The topological polar surface area (TPSA) is 77.8 Å². The Balaban J connectivity index is 2.76. The SMILES string of the molecule is Cc1ccc(N(CCCC(=O)O)CCC(=O)O)cc1C. The molecular weight excluding hydrogens is 258 g/mol. The lowest BCUT2D eigenvalue weighted by Crippen LogP contribution is -2.27. The molecule has 2 N–H and O–H groups in total. The van der Waals surface area contributed by atoms with Crippen LogP contribution in [-0.2, 0) is 9.59 Å². The predicted octanol–water partition coefficient (Wildman–Crippen LogP) is 2.45. The Kier molecular flexibility index (Phi) is 6.03. The minimum Gasteiger partial charge on any atom is -0.481 e. The molecule has 0 heterocycles. The second-order valence-electron chi connectivity index (χ2n) is 4.90. The molecule has 0 spiro atoms. The fraction of sp³-hybridized carbons (Fsp3) is 0.467. The molecule has 0 aromatic heterocycles. The summed E-state index contributed by atoms with van der Waals surface area (Å²) < 4.78 is 0. The Morgan fingerprint density at radius 3 is 2.20 bits per heavy atom. The van der Waals surface area contributed by atoms with Crippen molar-refractivity contribution in [3.63, 3.8) is 0 Å². The van der Waals surface area contributed by atoms with Gasteiger partial charge >= 0.3 is 11.9 Å². The summed E-state index contributed by atoms with van der Waals surface area (Å²) in [5, 5.41) is 17.5. The van der Waals surface area contributed by atoms with Gasteiger partial charge in [0, 0.05) is 25.2 Å². The molecule has 5 nitrogen and oxygen atoms in total. The van der Waals surface area contributed by atoms with Crippen molar-refractivity contribution in [2.24, 2.45) is 0 Å². The van der Waals surface area contributed by atoms with E-state index in [0.29, 0.717) is 19.5 Å². The summed E-state index contributed by atoms with van der Waals surface area (Å²) in [6.45, 7) is 4.95. The van der Waals surface area contributed by atoms with Crippen LogP contribution in [0.2, 0.25) is 0 Å². The molecule has 0 atom stereocenters. The second kappa shape index (κ2) is 7.53. The molecule has 0 aliphatic heterocycles. The van der Waals surface area contributed by atoms with Crippen LogP contribution in [0.3, 0.4) is 0 Å². The van der Waals surface area contributed by atoms with Gasteiger partial charge in [-0.2, -0.15) is 0 Å². The molecule has 0 fully saturated rings. The summed E-state index contributed by atoms with van der Waals surface area (Å²) in [4.78, 5) is 23.2. The number of carbonyl (C=O) groups is 2. The first-order valence-electron chi connectivity index (χ1n) is 6.66. The molecule has 0 saturated carbocycles. The van der Waals surface area contributed by atoms with Crippen molar-refractivity contribution < 1.29 is 19.8 Å². The van der Waals surface area contributed by atoms with Gasteiger partial charge in [0.2, 0.25) is 0 Å². The number of aliphatic carboxylic acids is 2. The van der Waals surface area contributed by atoms with E-state index in [4.69, 9.17) is 10.2 Å². The highest BCUT2D eigenvalue weighted by Gasteiger charge is 2.10. The summed E-state index contributed by atoms with van der Waals surface area (Å²) in [6, 6.07) is 5.96. The van der Waals surface area contributed by atoms with Crippen molar-refractivity contribution in [2.75, 3.05) is 18.0 Å². The van der Waals surface area contributed by atoms with Gasteiger partial charge in [0.1, 0.15) is 0 Å². The molecule has 5 heteroatoms. The average molecular weight is 279 g/mol. The molecule has 0 saturated heterocycles. The zero-order valence-electron chi connectivity index (χ0n) is 11.9. The highest BCUT2D eigenvalue weighted by Crippen LogP contribution is 2.19. The van der Waals surface area contributed by atoms with Gasteiger partial charge in [0.05, 0.1) is 6.42 Å². The van der Waals surface area contributed by atoms with Crippen LogP contribution in [0, 0.1) is 13.8 Å². The number of carboxylic acids is 2. The molecule has 0 aliphatic carbocycles. The van der Waals surface area contributed by atoms with Crippen LogP contribution in [0.4, 0.5) is 5.69 Å². The summed E-state index contributed by atoms with van der Waals surface area (Å²) in [7, 11) is 0. The third-order valence-corrected chi connectivity index (χ3v) is 3.27. The highest BCUT2D eigenvalue weighted by molar-refractivity contribution is 5.68. The molecule has 0 bridgehead atoms. The fourth-order valence-electron chi connectivity index (χ4n) is 1.94. The number of anilines is 1. The van der Waals surface area contributed by atoms with Crippen molar-refractivity contribution in [3.8, 4) is 0 Å². The van der Waals surface area contributed by atoms with E-state index in [-0.39, 0.29) is 12.8 Å². The number of hydrogen-bond donors (Lipinski definition) is 2. The standard InChI is InChI=1S/C15H21NO4/c1-11-5-6-13(10-12(11)2)16(9-7-15(19)20)8-3-4-14(17)18/h5-6,10H,3-4,7-9H2,1-2H3,(H,17,18)(H,19,20). The zero-order chi connectivity index (χ0) is 15.1. The average Bonchev–Trinajstić information content (AvgIpc) is 2.36. The first-order chi connectivity index (χ1) is 9.40. The van der Waals surface area contributed by atoms with Crippen LogP contribution in [-0.4, -0.2) is 35.2 Å². The smallest absolute Gasteiger partial charge is 0.305 e. The molecule has 110 valence electrons. The first-order valence-corrected chi connectivity index (χ1v) is 6.66. The maximum Gasteiger partial charge on any atom is 0.305 e. The minimum atomic E-state index is -0.850. The molecule has 20 heavy (non-hydrogen) atoms. The van der Waals surface area contributed by atoms with E-state index in [1.54, 1.807) is 0 Å². The largest absolute Gasteiger partial charge is 0.481 e. The Hall–Kier alpha value is -2.04. The van der Waals surface area contributed by atoms with E-state index in [9.17, 15) is 9.59 Å². The number of benzene rings is 1. The second-order valence-corrected chi connectivity index (χ2v) is 4.90. The van der Waals surface area contributed by atoms with Crippen molar-refractivity contribution in [3.05, 3.63) is 29.3 Å². The Morgan fingerprint density at radius 1 is 1.00 bits per heavy atom. The van der Waals surface area contributed by atoms with E-state index < -0.39 is 11.9 Å². The van der Waals surface area contributed by atoms with Crippen molar-refractivity contribution in [1.82, 2.24) is 0 Å². The van der Waals surface area contributed by atoms with Crippen LogP contribution in [0.1, 0.15) is 30.4 Å². The van der Waals surface area contributed by atoms with E-state index in [0.717, 1.165) is 11.3 Å². The van der Waals surface area contributed by atoms with E-state index >= 15 is 0 Å². The molecule has 1 rings (SSSR count). The lowest BCUT2D eigenvalue weighted by atomic mass is 10.1. The molecule has 1 aromatic rings. The number of carboxylic acid groups (broad SMARTS) is 2. The van der Waals surface area contributed by atoms with E-state index in [2.05, 4.69) is 0 Å². The monoisotopic (exact) mass is 279 g/mol. The van der Waals surface area contributed by atoms with Crippen LogP contribution >= 0.6 is 0 Å². The molecule has 0 radical (unpaired) electrons. The molecule has 0 unspecified atom stereocenters. The lowest BCUT2D eigenvalue weighted by Gasteiger charge is -2.24. The quantitative estimate of drug-likeness (QED) is 0.764. The van der Waals surface area contributed by atoms with Gasteiger partial charge in [-0.25, -0.2) is 0 Å². The Morgan fingerprint density at radius 2 is 1.65 bits per heavy atom. The Labute approximate surface area is 118 Å². The third kappa shape index (κ3) is 5.30. The molecular formula is C15H21NO4. The van der Waals surface area contributed by atoms with Crippen LogP contribution in [0.25, 0.3) is 0 Å². The number of nitrogens with zero attached hydrogens (tertiary/aromatic N) is 1. The first kappa shape index (κ1) is 16.0. The molecule has 0 aliphatic rings. The maximum atomic E-state index is 10.7. The van der Waals surface area contributed by atoms with E-state index in [1.807, 2.05) is 36.9 Å². The summed E-state index contributed by atoms with van der Waals surface area (Å²) in [6.07, 6.45) is 0.635. The highest BCUT2D eigenvalue weighted by atomic mass is 16.4. The number of hydrogen-bond acceptors (Lipinski definition) is 3.